The second-order valence-corrected chi connectivity index (χ2v) is 6.37. The molecule has 0 saturated heterocycles. The Morgan fingerprint density at radius 3 is 2.00 bits per heavy atom. The first-order valence-electron chi connectivity index (χ1n) is 7.87. The van der Waals surface area contributed by atoms with Crippen molar-refractivity contribution in [3.63, 3.8) is 0 Å². The second-order valence-electron chi connectivity index (χ2n) is 6.37. The zero-order valence-electron chi connectivity index (χ0n) is 14.1. The summed E-state index contributed by atoms with van der Waals surface area (Å²) in [4.78, 5) is 4.74. The number of aliphatic imine (C=N–C) groups is 1. The predicted molar refractivity (Wildman–Crippen MR) is 94.7 cm³/mol. The Bertz CT molecular complexity index is 658. The van der Waals surface area contributed by atoms with Gasteiger partial charge < -0.3 is 5.11 Å². The van der Waals surface area contributed by atoms with E-state index in [0.29, 0.717) is 17.6 Å². The fraction of sp³-hybridized carbons (Fsp3) is 0.350. The molecular weight excluding hydrogens is 270 g/mol. The molecule has 0 unspecified atom stereocenters. The highest BCUT2D eigenvalue weighted by molar-refractivity contribution is 5.86. The van der Waals surface area contributed by atoms with E-state index in [-0.39, 0.29) is 0 Å². The third-order valence-corrected chi connectivity index (χ3v) is 3.94. The number of aryl methyl sites for hydroxylation is 1. The number of benzene rings is 2. The van der Waals surface area contributed by atoms with Crippen molar-refractivity contribution >= 4 is 11.9 Å². The van der Waals surface area contributed by atoms with Gasteiger partial charge in [0.2, 0.25) is 0 Å². The van der Waals surface area contributed by atoms with Crippen LogP contribution < -0.4 is 0 Å². The van der Waals surface area contributed by atoms with E-state index in [1.165, 1.54) is 11.1 Å². The van der Waals surface area contributed by atoms with E-state index in [9.17, 15) is 5.11 Å². The van der Waals surface area contributed by atoms with Gasteiger partial charge in [0, 0.05) is 11.8 Å². The number of rotatable bonds is 4. The highest BCUT2D eigenvalue weighted by atomic mass is 16.3. The molecule has 0 aliphatic rings. The number of hydrogen-bond acceptors (Lipinski definition) is 2. The maximum atomic E-state index is 10.1. The van der Waals surface area contributed by atoms with Crippen molar-refractivity contribution in [3.8, 4) is 5.75 Å². The van der Waals surface area contributed by atoms with Gasteiger partial charge >= 0.3 is 0 Å². The number of nitrogens with zero attached hydrogens (tertiary/aromatic N) is 1. The topological polar surface area (TPSA) is 32.6 Å². The largest absolute Gasteiger partial charge is 0.507 e. The molecule has 2 heteroatoms. The van der Waals surface area contributed by atoms with Crippen molar-refractivity contribution in [2.24, 2.45) is 4.99 Å². The molecule has 1 N–H and O–H groups in total. The highest BCUT2D eigenvalue weighted by Crippen LogP contribution is 2.34. The van der Waals surface area contributed by atoms with E-state index >= 15 is 0 Å². The van der Waals surface area contributed by atoms with Gasteiger partial charge in [-0.2, -0.15) is 0 Å². The third kappa shape index (κ3) is 3.38. The number of phenolic OH excluding ortho intramolecular Hbond substituents is 1. The van der Waals surface area contributed by atoms with Crippen molar-refractivity contribution in [2.45, 2.75) is 46.5 Å². The average molecular weight is 295 g/mol. The smallest absolute Gasteiger partial charge is 0.127 e. The molecule has 0 spiro atoms. The van der Waals surface area contributed by atoms with Gasteiger partial charge in [0.05, 0.1) is 5.69 Å². The number of aromatic hydroxyl groups is 1. The molecule has 0 aromatic heterocycles. The van der Waals surface area contributed by atoms with Crippen LogP contribution in [-0.4, -0.2) is 11.3 Å². The van der Waals surface area contributed by atoms with Crippen LogP contribution in [0.15, 0.2) is 41.4 Å². The lowest BCUT2D eigenvalue weighted by molar-refractivity contribution is 0.470. The molecule has 0 aliphatic carbocycles. The van der Waals surface area contributed by atoms with Crippen LogP contribution in [0.2, 0.25) is 0 Å². The van der Waals surface area contributed by atoms with Gasteiger partial charge in [0.1, 0.15) is 5.75 Å². The zero-order chi connectivity index (χ0) is 16.3. The molecule has 0 heterocycles. The molecule has 0 radical (unpaired) electrons. The summed E-state index contributed by atoms with van der Waals surface area (Å²) in [7, 11) is 0. The molecule has 0 bridgehead atoms. The average Bonchev–Trinajstić information content (AvgIpc) is 2.48. The van der Waals surface area contributed by atoms with Crippen molar-refractivity contribution in [3.05, 3.63) is 58.7 Å². The van der Waals surface area contributed by atoms with E-state index < -0.39 is 0 Å². The summed E-state index contributed by atoms with van der Waals surface area (Å²) in [6.45, 7) is 10.6. The van der Waals surface area contributed by atoms with Gasteiger partial charge in [0.25, 0.3) is 0 Å². The fourth-order valence-corrected chi connectivity index (χ4v) is 2.58. The third-order valence-electron chi connectivity index (χ3n) is 3.94. The van der Waals surface area contributed by atoms with E-state index in [4.69, 9.17) is 4.99 Å². The highest BCUT2D eigenvalue weighted by Gasteiger charge is 2.12. The quantitative estimate of drug-likeness (QED) is 0.721. The summed E-state index contributed by atoms with van der Waals surface area (Å²) in [5, 5.41) is 10.1. The van der Waals surface area contributed by atoms with Crippen LogP contribution in [-0.2, 0) is 0 Å². The number of phenols is 1. The lowest BCUT2D eigenvalue weighted by atomic mass is 9.93. The summed E-state index contributed by atoms with van der Waals surface area (Å²) < 4.78 is 0. The van der Waals surface area contributed by atoms with Gasteiger partial charge in [-0.25, -0.2) is 0 Å². The van der Waals surface area contributed by atoms with Gasteiger partial charge in [-0.3, -0.25) is 4.99 Å². The van der Waals surface area contributed by atoms with Crippen LogP contribution in [0, 0.1) is 6.92 Å². The summed E-state index contributed by atoms with van der Waals surface area (Å²) >= 11 is 0. The van der Waals surface area contributed by atoms with Crippen molar-refractivity contribution in [1.82, 2.24) is 0 Å². The Morgan fingerprint density at radius 2 is 1.45 bits per heavy atom. The summed E-state index contributed by atoms with van der Waals surface area (Å²) in [5.74, 6) is 1.13. The fourth-order valence-electron chi connectivity index (χ4n) is 2.58. The Labute approximate surface area is 133 Å². The van der Waals surface area contributed by atoms with Crippen LogP contribution in [0.5, 0.6) is 5.75 Å². The minimum atomic E-state index is 0.305. The van der Waals surface area contributed by atoms with Crippen LogP contribution in [0.25, 0.3) is 0 Å². The zero-order valence-corrected chi connectivity index (χ0v) is 14.1. The lowest BCUT2D eigenvalue weighted by Crippen LogP contribution is -1.96. The minimum Gasteiger partial charge on any atom is -0.507 e. The van der Waals surface area contributed by atoms with Crippen LogP contribution in [0.4, 0.5) is 5.69 Å². The Morgan fingerprint density at radius 1 is 0.909 bits per heavy atom. The van der Waals surface area contributed by atoms with Gasteiger partial charge in [0.15, 0.2) is 0 Å². The lowest BCUT2D eigenvalue weighted by Gasteiger charge is -2.16. The Kier molecular flexibility index (Phi) is 5.02. The molecule has 22 heavy (non-hydrogen) atoms. The molecule has 0 fully saturated rings. The second kappa shape index (κ2) is 6.78. The normalized spacial score (nSPS) is 11.8. The van der Waals surface area contributed by atoms with E-state index in [0.717, 1.165) is 16.8 Å². The molecule has 2 aromatic carbocycles. The summed E-state index contributed by atoms with van der Waals surface area (Å²) in [6, 6.07) is 12.1. The number of para-hydroxylation sites is 2. The molecule has 0 aliphatic heterocycles. The van der Waals surface area contributed by atoms with E-state index in [1.807, 2.05) is 25.1 Å². The molecule has 0 saturated carbocycles. The van der Waals surface area contributed by atoms with E-state index in [2.05, 4.69) is 45.9 Å². The molecule has 2 nitrogen and oxygen atoms in total. The predicted octanol–water partition coefficient (Wildman–Crippen LogP) is 5.70. The monoisotopic (exact) mass is 295 g/mol. The van der Waals surface area contributed by atoms with Crippen molar-refractivity contribution < 1.29 is 5.11 Å². The first-order valence-corrected chi connectivity index (χ1v) is 7.87. The number of hydrogen-bond donors (Lipinski definition) is 1. The summed E-state index contributed by atoms with van der Waals surface area (Å²) in [5.41, 5.74) is 5.15. The SMILES string of the molecule is Cc1cccc(C=Nc2c(C(C)C)cccc2C(C)C)c1O. The van der Waals surface area contributed by atoms with Crippen LogP contribution in [0.1, 0.15) is 61.8 Å². The molecule has 2 aromatic rings. The van der Waals surface area contributed by atoms with Gasteiger partial charge in [-0.15, -0.1) is 0 Å². The molecule has 2 rings (SSSR count). The first kappa shape index (κ1) is 16.3. The summed E-state index contributed by atoms with van der Waals surface area (Å²) in [6.07, 6.45) is 1.77. The first-order chi connectivity index (χ1) is 10.4. The van der Waals surface area contributed by atoms with Crippen molar-refractivity contribution in [1.29, 1.82) is 0 Å². The molecule has 0 atom stereocenters. The Hall–Kier alpha value is -2.09. The maximum Gasteiger partial charge on any atom is 0.127 e. The van der Waals surface area contributed by atoms with Crippen LogP contribution in [0.3, 0.4) is 0 Å². The molecule has 116 valence electrons. The van der Waals surface area contributed by atoms with Gasteiger partial charge in [-0.05, 0) is 41.5 Å². The van der Waals surface area contributed by atoms with Crippen molar-refractivity contribution in [2.75, 3.05) is 0 Å². The Balaban J connectivity index is 2.52. The van der Waals surface area contributed by atoms with Gasteiger partial charge in [-0.1, -0.05) is 58.0 Å². The minimum absolute atomic E-state index is 0.305. The molecule has 0 amide bonds. The molecular formula is C20H25NO. The van der Waals surface area contributed by atoms with Crippen LogP contribution >= 0.6 is 0 Å². The maximum absolute atomic E-state index is 10.1. The van der Waals surface area contributed by atoms with E-state index in [1.54, 1.807) is 6.21 Å². The standard InChI is InChI=1S/C20H25NO/c1-13(2)17-10-7-11-18(14(3)4)19(17)21-12-16-9-6-8-15(5)20(16)22/h6-14,22H,1-5H3.